The molecule has 1 N–H and O–H groups in total. The fourth-order valence-electron chi connectivity index (χ4n) is 3.16. The van der Waals surface area contributed by atoms with E-state index in [1.165, 1.54) is 43.1 Å². The molecule has 104 valence electrons. The molecular weight excluding hydrogens is 252 g/mol. The van der Waals surface area contributed by atoms with Crippen LogP contribution in [0, 0.1) is 0 Å². The number of hydrogen-bond acceptors (Lipinski definition) is 3. The maximum atomic E-state index is 3.74. The summed E-state index contributed by atoms with van der Waals surface area (Å²) in [5.41, 5.74) is 1.55. The average Bonchev–Trinajstić information content (AvgIpc) is 3.05. The summed E-state index contributed by atoms with van der Waals surface area (Å²) in [6.07, 6.45) is 2.78. The van der Waals surface area contributed by atoms with Crippen LogP contribution in [-0.4, -0.2) is 42.9 Å². The van der Waals surface area contributed by atoms with E-state index in [1.54, 1.807) is 5.56 Å². The second-order valence-electron chi connectivity index (χ2n) is 5.86. The van der Waals surface area contributed by atoms with Crippen molar-refractivity contribution in [1.82, 2.24) is 10.2 Å². The Kier molecular flexibility index (Phi) is 4.46. The number of fused-ring (bicyclic) bond motifs is 1. The van der Waals surface area contributed by atoms with E-state index >= 15 is 0 Å². The Bertz CT molecular complexity index is 415. The lowest BCUT2D eigenvalue weighted by Gasteiger charge is -2.22. The molecule has 0 aliphatic carbocycles. The van der Waals surface area contributed by atoms with Gasteiger partial charge in [0.25, 0.3) is 0 Å². The van der Waals surface area contributed by atoms with Crippen LogP contribution in [0.3, 0.4) is 0 Å². The van der Waals surface area contributed by atoms with E-state index in [9.17, 15) is 0 Å². The predicted molar refractivity (Wildman–Crippen MR) is 83.0 cm³/mol. The molecule has 3 heteroatoms. The topological polar surface area (TPSA) is 15.3 Å². The second-order valence-corrected chi connectivity index (χ2v) is 6.92. The van der Waals surface area contributed by atoms with Crippen LogP contribution in [0.4, 0.5) is 0 Å². The third-order valence-electron chi connectivity index (χ3n) is 4.24. The van der Waals surface area contributed by atoms with E-state index in [-0.39, 0.29) is 0 Å². The lowest BCUT2D eigenvalue weighted by atomic mass is 10.0. The van der Waals surface area contributed by atoms with Crippen LogP contribution in [0.5, 0.6) is 0 Å². The first kappa shape index (κ1) is 13.5. The molecule has 2 unspecified atom stereocenters. The summed E-state index contributed by atoms with van der Waals surface area (Å²) < 4.78 is 0. The first-order chi connectivity index (χ1) is 9.33. The zero-order chi connectivity index (χ0) is 13.1. The quantitative estimate of drug-likeness (QED) is 0.890. The first-order valence-corrected chi connectivity index (χ1v) is 8.49. The van der Waals surface area contributed by atoms with Crippen LogP contribution in [0.25, 0.3) is 0 Å². The maximum absolute atomic E-state index is 3.74. The van der Waals surface area contributed by atoms with Crippen molar-refractivity contribution in [3.05, 3.63) is 29.8 Å². The number of rotatable bonds is 5. The van der Waals surface area contributed by atoms with Crippen LogP contribution in [0.1, 0.15) is 31.2 Å². The fourth-order valence-corrected chi connectivity index (χ4v) is 4.41. The lowest BCUT2D eigenvalue weighted by Crippen LogP contribution is -2.39. The third kappa shape index (κ3) is 3.33. The summed E-state index contributed by atoms with van der Waals surface area (Å²) in [5, 5.41) is 3.74. The second kappa shape index (κ2) is 6.29. The molecule has 0 spiro atoms. The monoisotopic (exact) mass is 276 g/mol. The van der Waals surface area contributed by atoms with Crippen LogP contribution in [0.15, 0.2) is 29.2 Å². The third-order valence-corrected chi connectivity index (χ3v) is 5.49. The van der Waals surface area contributed by atoms with Crippen molar-refractivity contribution in [3.8, 4) is 0 Å². The molecule has 2 nitrogen and oxygen atoms in total. The van der Waals surface area contributed by atoms with E-state index in [2.05, 4.69) is 41.4 Å². The van der Waals surface area contributed by atoms with Crippen molar-refractivity contribution in [3.63, 3.8) is 0 Å². The summed E-state index contributed by atoms with van der Waals surface area (Å²) in [6, 6.07) is 9.49. The molecule has 0 amide bonds. The van der Waals surface area contributed by atoms with Crippen LogP contribution >= 0.6 is 11.8 Å². The van der Waals surface area contributed by atoms with E-state index < -0.39 is 0 Å². The van der Waals surface area contributed by atoms with Gasteiger partial charge in [-0.25, -0.2) is 0 Å². The van der Waals surface area contributed by atoms with Gasteiger partial charge in [0.1, 0.15) is 0 Å². The van der Waals surface area contributed by atoms with E-state index in [4.69, 9.17) is 0 Å². The van der Waals surface area contributed by atoms with Gasteiger partial charge in [-0.3, -0.25) is 0 Å². The smallest absolute Gasteiger partial charge is 0.0166 e. The SMILES string of the molecule is CC(CN1CCCC1)NCC1CSc2ccccc21. The standard InChI is InChI=1S/C16H24N2S/c1-13(11-18-8-4-5-9-18)17-10-14-12-19-16-7-3-2-6-15(14)16/h2-3,6-7,13-14,17H,4-5,8-12H2,1H3. The summed E-state index contributed by atoms with van der Waals surface area (Å²) >= 11 is 2.01. The van der Waals surface area contributed by atoms with Crippen molar-refractivity contribution in [1.29, 1.82) is 0 Å². The maximum Gasteiger partial charge on any atom is 0.0166 e. The highest BCUT2D eigenvalue weighted by Gasteiger charge is 2.23. The summed E-state index contributed by atoms with van der Waals surface area (Å²) in [5.74, 6) is 1.94. The van der Waals surface area contributed by atoms with E-state index in [0.29, 0.717) is 12.0 Å². The molecule has 0 bridgehead atoms. The molecule has 0 aromatic heterocycles. The van der Waals surface area contributed by atoms with Gasteiger partial charge in [-0.1, -0.05) is 18.2 Å². The minimum absolute atomic E-state index is 0.607. The molecular formula is C16H24N2S. The number of thioether (sulfide) groups is 1. The minimum atomic E-state index is 0.607. The number of benzene rings is 1. The molecule has 19 heavy (non-hydrogen) atoms. The van der Waals surface area contributed by atoms with E-state index in [1.807, 2.05) is 11.8 Å². The molecule has 2 atom stereocenters. The van der Waals surface area contributed by atoms with Gasteiger partial charge in [0.15, 0.2) is 0 Å². The molecule has 1 fully saturated rings. The van der Waals surface area contributed by atoms with E-state index in [0.717, 1.165) is 6.54 Å². The molecule has 2 aliphatic heterocycles. The molecule has 0 radical (unpaired) electrons. The Morgan fingerprint density at radius 2 is 2.11 bits per heavy atom. The first-order valence-electron chi connectivity index (χ1n) is 7.50. The van der Waals surface area contributed by atoms with Crippen molar-refractivity contribution in [2.45, 2.75) is 36.6 Å². The Labute approximate surface area is 121 Å². The molecule has 1 aromatic rings. The molecule has 2 aliphatic rings. The Hall–Kier alpha value is -0.510. The largest absolute Gasteiger partial charge is 0.312 e. The van der Waals surface area contributed by atoms with Gasteiger partial charge in [-0.15, -0.1) is 11.8 Å². The van der Waals surface area contributed by atoms with Crippen LogP contribution < -0.4 is 5.32 Å². The highest BCUT2D eigenvalue weighted by atomic mass is 32.2. The summed E-state index contributed by atoms with van der Waals surface area (Å²) in [6.45, 7) is 7.26. The zero-order valence-corrected chi connectivity index (χ0v) is 12.6. The normalized spacial score (nSPS) is 24.6. The van der Waals surface area contributed by atoms with Crippen molar-refractivity contribution < 1.29 is 0 Å². The highest BCUT2D eigenvalue weighted by molar-refractivity contribution is 7.99. The number of hydrogen-bond donors (Lipinski definition) is 1. The molecule has 1 saturated heterocycles. The molecule has 3 rings (SSSR count). The summed E-state index contributed by atoms with van der Waals surface area (Å²) in [4.78, 5) is 4.08. The zero-order valence-electron chi connectivity index (χ0n) is 11.8. The molecule has 0 saturated carbocycles. The Balaban J connectivity index is 1.47. The van der Waals surface area contributed by atoms with Gasteiger partial charge in [0.05, 0.1) is 0 Å². The van der Waals surface area contributed by atoms with Crippen LogP contribution in [0.2, 0.25) is 0 Å². The molecule has 1 aromatic carbocycles. The number of likely N-dealkylation sites (tertiary alicyclic amines) is 1. The molecule has 2 heterocycles. The van der Waals surface area contributed by atoms with Gasteiger partial charge in [0, 0.05) is 35.7 Å². The minimum Gasteiger partial charge on any atom is -0.312 e. The average molecular weight is 276 g/mol. The van der Waals surface area contributed by atoms with Gasteiger partial charge in [-0.05, 0) is 44.5 Å². The van der Waals surface area contributed by atoms with Gasteiger partial charge < -0.3 is 10.2 Å². The lowest BCUT2D eigenvalue weighted by molar-refractivity contribution is 0.297. The van der Waals surface area contributed by atoms with Gasteiger partial charge in [-0.2, -0.15) is 0 Å². The summed E-state index contributed by atoms with van der Waals surface area (Å²) in [7, 11) is 0. The van der Waals surface area contributed by atoms with Crippen LogP contribution in [-0.2, 0) is 0 Å². The van der Waals surface area contributed by atoms with Crippen molar-refractivity contribution in [2.75, 3.05) is 31.9 Å². The van der Waals surface area contributed by atoms with Crippen molar-refractivity contribution in [2.24, 2.45) is 0 Å². The Morgan fingerprint density at radius 3 is 2.95 bits per heavy atom. The van der Waals surface area contributed by atoms with Gasteiger partial charge >= 0.3 is 0 Å². The number of nitrogens with one attached hydrogen (secondary N) is 1. The van der Waals surface area contributed by atoms with Gasteiger partial charge in [0.2, 0.25) is 0 Å². The predicted octanol–water partition coefficient (Wildman–Crippen LogP) is 2.95. The fraction of sp³-hybridized carbons (Fsp3) is 0.625. The number of nitrogens with zero attached hydrogens (tertiary/aromatic N) is 1. The highest BCUT2D eigenvalue weighted by Crippen LogP contribution is 2.38. The van der Waals surface area contributed by atoms with Crippen molar-refractivity contribution >= 4 is 11.8 Å². The Morgan fingerprint density at radius 1 is 1.32 bits per heavy atom.